The molecule has 2 atom stereocenters. The fraction of sp³-hybridized carbons (Fsp3) is 0.846. The zero-order valence-electron chi connectivity index (χ0n) is 11.2. The Morgan fingerprint density at radius 3 is 2.50 bits per heavy atom. The highest BCUT2D eigenvalue weighted by Crippen LogP contribution is 2.21. The lowest BCUT2D eigenvalue weighted by Gasteiger charge is -2.27. The molecule has 2 unspecified atom stereocenters. The number of nitrogens with zero attached hydrogens (tertiary/aromatic N) is 2. The molecule has 2 heterocycles. The second kappa shape index (κ2) is 5.69. The first-order chi connectivity index (χ1) is 8.63. The van der Waals surface area contributed by atoms with Gasteiger partial charge in [0.2, 0.25) is 5.91 Å². The molecule has 0 spiro atoms. The van der Waals surface area contributed by atoms with Crippen molar-refractivity contribution in [2.75, 3.05) is 33.3 Å². The summed E-state index contributed by atoms with van der Waals surface area (Å²) in [6.07, 6.45) is 3.02. The van der Waals surface area contributed by atoms with Crippen LogP contribution in [0.15, 0.2) is 0 Å². The Balaban J connectivity index is 1.88. The van der Waals surface area contributed by atoms with Gasteiger partial charge < -0.3 is 9.64 Å². The van der Waals surface area contributed by atoms with Crippen molar-refractivity contribution < 1.29 is 14.3 Å². The number of likely N-dealkylation sites (tertiary alicyclic amines) is 2. The third kappa shape index (κ3) is 2.66. The van der Waals surface area contributed by atoms with Crippen LogP contribution in [0.4, 0.5) is 0 Å². The average Bonchev–Trinajstić information content (AvgIpc) is 3.06. The van der Waals surface area contributed by atoms with E-state index in [1.54, 1.807) is 0 Å². The molecule has 2 aliphatic heterocycles. The summed E-state index contributed by atoms with van der Waals surface area (Å²) in [5.74, 6) is -0.0137. The van der Waals surface area contributed by atoms with Gasteiger partial charge in [-0.3, -0.25) is 14.5 Å². The number of esters is 1. The van der Waals surface area contributed by atoms with Crippen molar-refractivity contribution in [1.29, 1.82) is 0 Å². The number of ether oxygens (including phenoxy) is 1. The molecule has 5 heteroatoms. The molecule has 18 heavy (non-hydrogen) atoms. The van der Waals surface area contributed by atoms with Crippen molar-refractivity contribution in [1.82, 2.24) is 9.80 Å². The summed E-state index contributed by atoms with van der Waals surface area (Å²) in [7, 11) is 1.42. The van der Waals surface area contributed by atoms with E-state index < -0.39 is 0 Å². The van der Waals surface area contributed by atoms with Crippen LogP contribution in [0, 0.1) is 5.92 Å². The van der Waals surface area contributed by atoms with E-state index in [2.05, 4.69) is 4.90 Å². The van der Waals surface area contributed by atoms with Crippen molar-refractivity contribution >= 4 is 11.9 Å². The molecule has 2 saturated heterocycles. The Kier molecular flexibility index (Phi) is 4.22. The number of methoxy groups -OCH3 is 1. The fourth-order valence-electron chi connectivity index (χ4n) is 2.86. The molecule has 2 aliphatic rings. The second-order valence-corrected chi connectivity index (χ2v) is 5.21. The van der Waals surface area contributed by atoms with Crippen LogP contribution in [-0.4, -0.2) is 61.0 Å². The van der Waals surface area contributed by atoms with Crippen LogP contribution in [0.25, 0.3) is 0 Å². The van der Waals surface area contributed by atoms with Gasteiger partial charge in [0.25, 0.3) is 0 Å². The molecule has 0 N–H and O–H groups in total. The molecule has 1 amide bonds. The highest BCUT2D eigenvalue weighted by molar-refractivity contribution is 5.82. The largest absolute Gasteiger partial charge is 0.469 e. The zero-order valence-corrected chi connectivity index (χ0v) is 11.2. The van der Waals surface area contributed by atoms with E-state index in [-0.39, 0.29) is 23.8 Å². The van der Waals surface area contributed by atoms with Gasteiger partial charge in [0, 0.05) is 19.6 Å². The summed E-state index contributed by atoms with van der Waals surface area (Å²) in [5, 5.41) is 0. The Hall–Kier alpha value is -1.10. The molecule has 102 valence electrons. The molecule has 0 aliphatic carbocycles. The molecule has 0 aromatic carbocycles. The minimum absolute atomic E-state index is 0.0659. The Morgan fingerprint density at radius 2 is 1.89 bits per heavy atom. The van der Waals surface area contributed by atoms with Crippen LogP contribution in [0.1, 0.15) is 26.2 Å². The minimum Gasteiger partial charge on any atom is -0.469 e. The van der Waals surface area contributed by atoms with E-state index in [4.69, 9.17) is 4.74 Å². The lowest BCUT2D eigenvalue weighted by atomic mass is 10.1. The minimum atomic E-state index is -0.154. The number of hydrogen-bond donors (Lipinski definition) is 0. The molecule has 0 radical (unpaired) electrons. The van der Waals surface area contributed by atoms with Gasteiger partial charge in [-0.25, -0.2) is 0 Å². The monoisotopic (exact) mass is 254 g/mol. The molecular formula is C13H22N2O3. The molecule has 0 aromatic heterocycles. The summed E-state index contributed by atoms with van der Waals surface area (Å²) < 4.78 is 4.76. The van der Waals surface area contributed by atoms with Gasteiger partial charge >= 0.3 is 5.97 Å². The van der Waals surface area contributed by atoms with Crippen molar-refractivity contribution in [2.45, 2.75) is 32.2 Å². The smallest absolute Gasteiger partial charge is 0.310 e. The standard InChI is InChI=1S/C13H22N2O3/c1-10(12(16)14-6-3-4-7-14)15-8-5-11(9-15)13(17)18-2/h10-11H,3-9H2,1-2H3. The Bertz CT molecular complexity index is 326. The van der Waals surface area contributed by atoms with E-state index in [1.165, 1.54) is 7.11 Å². The van der Waals surface area contributed by atoms with Crippen LogP contribution in [-0.2, 0) is 14.3 Å². The quantitative estimate of drug-likeness (QED) is 0.688. The zero-order chi connectivity index (χ0) is 13.1. The topological polar surface area (TPSA) is 49.9 Å². The van der Waals surface area contributed by atoms with Gasteiger partial charge in [-0.05, 0) is 32.7 Å². The van der Waals surface area contributed by atoms with Crippen molar-refractivity contribution in [2.24, 2.45) is 5.92 Å². The summed E-state index contributed by atoms with van der Waals surface area (Å²) in [5.41, 5.74) is 0. The highest BCUT2D eigenvalue weighted by atomic mass is 16.5. The van der Waals surface area contributed by atoms with Gasteiger partial charge in [0.15, 0.2) is 0 Å². The summed E-state index contributed by atoms with van der Waals surface area (Å²) in [4.78, 5) is 27.8. The van der Waals surface area contributed by atoms with Crippen molar-refractivity contribution in [3.63, 3.8) is 0 Å². The first kappa shape index (κ1) is 13.3. The first-order valence-electron chi connectivity index (χ1n) is 6.74. The normalized spacial score (nSPS) is 26.3. The van der Waals surface area contributed by atoms with Crippen molar-refractivity contribution in [3.8, 4) is 0 Å². The second-order valence-electron chi connectivity index (χ2n) is 5.21. The van der Waals surface area contributed by atoms with Crippen molar-refractivity contribution in [3.05, 3.63) is 0 Å². The molecule has 0 bridgehead atoms. The van der Waals surface area contributed by atoms with Gasteiger partial charge in [-0.2, -0.15) is 0 Å². The lowest BCUT2D eigenvalue weighted by Crippen LogP contribution is -2.45. The fourth-order valence-corrected chi connectivity index (χ4v) is 2.86. The summed E-state index contributed by atoms with van der Waals surface area (Å²) in [6, 6.07) is -0.113. The number of carbonyl (C=O) groups is 2. The van der Waals surface area contributed by atoms with E-state index in [0.717, 1.165) is 38.9 Å². The molecular weight excluding hydrogens is 232 g/mol. The van der Waals surface area contributed by atoms with Crippen LogP contribution in [0.3, 0.4) is 0 Å². The van der Waals surface area contributed by atoms with Gasteiger partial charge in [-0.1, -0.05) is 0 Å². The third-order valence-electron chi connectivity index (χ3n) is 4.08. The van der Waals surface area contributed by atoms with E-state index >= 15 is 0 Å². The number of carbonyl (C=O) groups excluding carboxylic acids is 2. The lowest BCUT2D eigenvalue weighted by molar-refractivity contribution is -0.145. The van der Waals surface area contributed by atoms with Gasteiger partial charge in [0.05, 0.1) is 19.1 Å². The SMILES string of the molecule is COC(=O)C1CCN(C(C)C(=O)N2CCCC2)C1. The molecule has 0 aromatic rings. The third-order valence-corrected chi connectivity index (χ3v) is 4.08. The molecule has 2 rings (SSSR count). The van der Waals surface area contributed by atoms with Crippen LogP contribution in [0.5, 0.6) is 0 Å². The molecule has 2 fully saturated rings. The van der Waals surface area contributed by atoms with Crippen LogP contribution in [0.2, 0.25) is 0 Å². The number of amides is 1. The maximum Gasteiger partial charge on any atom is 0.310 e. The summed E-state index contributed by atoms with van der Waals surface area (Å²) >= 11 is 0. The maximum absolute atomic E-state index is 12.2. The Labute approximate surface area is 108 Å². The van der Waals surface area contributed by atoms with E-state index in [9.17, 15) is 9.59 Å². The Morgan fingerprint density at radius 1 is 1.22 bits per heavy atom. The number of hydrogen-bond acceptors (Lipinski definition) is 4. The molecule has 5 nitrogen and oxygen atoms in total. The van der Waals surface area contributed by atoms with Crippen LogP contribution < -0.4 is 0 Å². The predicted molar refractivity (Wildman–Crippen MR) is 67.0 cm³/mol. The molecule has 0 saturated carbocycles. The highest BCUT2D eigenvalue weighted by Gasteiger charge is 2.35. The average molecular weight is 254 g/mol. The van der Waals surface area contributed by atoms with Gasteiger partial charge in [0.1, 0.15) is 0 Å². The first-order valence-corrected chi connectivity index (χ1v) is 6.74. The maximum atomic E-state index is 12.2. The van der Waals surface area contributed by atoms with Gasteiger partial charge in [-0.15, -0.1) is 0 Å². The summed E-state index contributed by atoms with van der Waals surface area (Å²) in [6.45, 7) is 5.17. The van der Waals surface area contributed by atoms with E-state index in [0.29, 0.717) is 6.54 Å². The van der Waals surface area contributed by atoms with E-state index in [1.807, 2.05) is 11.8 Å². The number of rotatable bonds is 3. The predicted octanol–water partition coefficient (Wildman–Crippen LogP) is 0.492. The van der Waals surface area contributed by atoms with Crippen LogP contribution >= 0.6 is 0 Å².